The number of nitrogens with one attached hydrogen (secondary N) is 1. The van der Waals surface area contributed by atoms with Crippen molar-refractivity contribution in [3.05, 3.63) is 23.9 Å². The molecule has 0 spiro atoms. The first-order valence-electron chi connectivity index (χ1n) is 4.77. The summed E-state index contributed by atoms with van der Waals surface area (Å²) in [6.07, 6.45) is 1.53. The average Bonchev–Trinajstić information content (AvgIpc) is 2.75. The zero-order valence-corrected chi connectivity index (χ0v) is 9.06. The quantitative estimate of drug-likeness (QED) is 0.719. The minimum atomic E-state index is -0.129. The van der Waals surface area contributed by atoms with E-state index in [0.29, 0.717) is 22.7 Å². The van der Waals surface area contributed by atoms with E-state index < -0.39 is 0 Å². The molecule has 0 atom stereocenters. The number of phenols is 1. The molecule has 0 radical (unpaired) electrons. The van der Waals surface area contributed by atoms with Gasteiger partial charge in [-0.1, -0.05) is 0 Å². The van der Waals surface area contributed by atoms with Crippen LogP contribution < -0.4 is 10.5 Å². The molecule has 1 aromatic heterocycles. The van der Waals surface area contributed by atoms with Gasteiger partial charge in [0.15, 0.2) is 0 Å². The minimum Gasteiger partial charge on any atom is -0.506 e. The van der Waals surface area contributed by atoms with E-state index in [1.54, 1.807) is 0 Å². The number of hydrogen-bond acceptors (Lipinski definition) is 5. The Kier molecular flexibility index (Phi) is 2.58. The molecular formula is C11H10N4O2. The van der Waals surface area contributed by atoms with Crippen LogP contribution in [0.15, 0.2) is 18.3 Å². The van der Waals surface area contributed by atoms with Gasteiger partial charge in [-0.15, -0.1) is 0 Å². The number of hydrogen-bond donors (Lipinski definition) is 3. The van der Waals surface area contributed by atoms with Crippen molar-refractivity contribution in [3.63, 3.8) is 0 Å². The molecule has 17 heavy (non-hydrogen) atoms. The summed E-state index contributed by atoms with van der Waals surface area (Å²) >= 11 is 0. The summed E-state index contributed by atoms with van der Waals surface area (Å²) in [5, 5.41) is 24.8. The van der Waals surface area contributed by atoms with E-state index in [0.717, 1.165) is 0 Å². The largest absolute Gasteiger partial charge is 0.506 e. The average molecular weight is 230 g/mol. The molecule has 0 bridgehead atoms. The minimum absolute atomic E-state index is 0.129. The van der Waals surface area contributed by atoms with E-state index in [9.17, 15) is 5.11 Å². The van der Waals surface area contributed by atoms with E-state index in [4.69, 9.17) is 15.7 Å². The molecule has 1 aromatic carbocycles. The standard InChI is InChI=1S/C11H10N4O2/c1-17-10-3-9(16)6(4-12)2-7(10)8-5-14-15-11(8)13/h2-3,5,16H,1H3,(H3,13,14,15). The van der Waals surface area contributed by atoms with Crippen LogP contribution >= 0.6 is 0 Å². The predicted molar refractivity (Wildman–Crippen MR) is 61.4 cm³/mol. The van der Waals surface area contributed by atoms with Gasteiger partial charge in [-0.3, -0.25) is 5.10 Å². The number of aromatic nitrogens is 2. The molecule has 0 aliphatic rings. The van der Waals surface area contributed by atoms with Crippen molar-refractivity contribution in [1.82, 2.24) is 10.2 Å². The van der Waals surface area contributed by atoms with E-state index in [1.165, 1.54) is 25.4 Å². The van der Waals surface area contributed by atoms with Crippen LogP contribution in [0.3, 0.4) is 0 Å². The zero-order chi connectivity index (χ0) is 12.4. The summed E-state index contributed by atoms with van der Waals surface area (Å²) in [6, 6.07) is 4.78. The van der Waals surface area contributed by atoms with Crippen LogP contribution in [0.2, 0.25) is 0 Å². The Morgan fingerprint density at radius 1 is 1.47 bits per heavy atom. The van der Waals surface area contributed by atoms with Crippen LogP contribution in [0, 0.1) is 11.3 Å². The number of methoxy groups -OCH3 is 1. The van der Waals surface area contributed by atoms with E-state index in [2.05, 4.69) is 10.2 Å². The molecule has 0 amide bonds. The number of nitrogens with two attached hydrogens (primary N) is 1. The topological polar surface area (TPSA) is 108 Å². The highest BCUT2D eigenvalue weighted by molar-refractivity contribution is 5.80. The summed E-state index contributed by atoms with van der Waals surface area (Å²) in [5.74, 6) is 0.669. The number of phenolic OH excluding ortho intramolecular Hbond substituents is 1. The molecule has 0 saturated carbocycles. The van der Waals surface area contributed by atoms with E-state index in [1.807, 2.05) is 6.07 Å². The Bertz CT molecular complexity index is 598. The molecule has 6 heteroatoms. The fourth-order valence-electron chi connectivity index (χ4n) is 1.55. The van der Waals surface area contributed by atoms with E-state index in [-0.39, 0.29) is 11.3 Å². The van der Waals surface area contributed by atoms with Crippen LogP contribution in [-0.4, -0.2) is 22.4 Å². The normalized spacial score (nSPS) is 9.88. The number of anilines is 1. The lowest BCUT2D eigenvalue weighted by Gasteiger charge is -2.09. The van der Waals surface area contributed by atoms with Crippen molar-refractivity contribution in [2.45, 2.75) is 0 Å². The van der Waals surface area contributed by atoms with Gasteiger partial charge in [-0.05, 0) is 6.07 Å². The Morgan fingerprint density at radius 3 is 2.76 bits per heavy atom. The van der Waals surface area contributed by atoms with Crippen molar-refractivity contribution in [1.29, 1.82) is 5.26 Å². The van der Waals surface area contributed by atoms with Crippen LogP contribution in [0.25, 0.3) is 11.1 Å². The molecule has 2 aromatic rings. The monoisotopic (exact) mass is 230 g/mol. The number of nitrogens with zero attached hydrogens (tertiary/aromatic N) is 2. The second-order valence-corrected chi connectivity index (χ2v) is 3.38. The first-order valence-corrected chi connectivity index (χ1v) is 4.77. The number of benzene rings is 1. The number of aromatic hydroxyl groups is 1. The number of nitrogen functional groups attached to an aromatic ring is 1. The highest BCUT2D eigenvalue weighted by Gasteiger charge is 2.14. The number of aromatic amines is 1. The van der Waals surface area contributed by atoms with Crippen LogP contribution in [0.4, 0.5) is 5.82 Å². The van der Waals surface area contributed by atoms with Gasteiger partial charge in [-0.25, -0.2) is 0 Å². The number of ether oxygens (including phenoxy) is 1. The van der Waals surface area contributed by atoms with Crippen molar-refractivity contribution in [2.75, 3.05) is 12.8 Å². The molecule has 6 nitrogen and oxygen atoms in total. The van der Waals surface area contributed by atoms with Crippen LogP contribution in [0.5, 0.6) is 11.5 Å². The molecule has 0 aliphatic heterocycles. The second kappa shape index (κ2) is 4.06. The Morgan fingerprint density at radius 2 is 2.24 bits per heavy atom. The third-order valence-electron chi connectivity index (χ3n) is 2.40. The molecule has 0 saturated heterocycles. The fraction of sp³-hybridized carbons (Fsp3) is 0.0909. The van der Waals surface area contributed by atoms with Crippen molar-refractivity contribution >= 4 is 5.82 Å². The summed E-state index contributed by atoms with van der Waals surface area (Å²) < 4.78 is 5.14. The van der Waals surface area contributed by atoms with E-state index >= 15 is 0 Å². The highest BCUT2D eigenvalue weighted by atomic mass is 16.5. The summed E-state index contributed by atoms with van der Waals surface area (Å²) in [5.41, 5.74) is 7.09. The maximum Gasteiger partial charge on any atom is 0.137 e. The molecule has 2 rings (SSSR count). The SMILES string of the molecule is COc1cc(O)c(C#N)cc1-c1cn[nH]c1N. The van der Waals surface area contributed by atoms with Crippen molar-refractivity contribution in [3.8, 4) is 28.7 Å². The Balaban J connectivity index is 2.69. The third-order valence-corrected chi connectivity index (χ3v) is 2.40. The van der Waals surface area contributed by atoms with Gasteiger partial charge in [-0.2, -0.15) is 10.4 Å². The lowest BCUT2D eigenvalue weighted by atomic mass is 10.0. The Hall–Kier alpha value is -2.68. The molecule has 0 unspecified atom stereocenters. The van der Waals surface area contributed by atoms with Gasteiger partial charge in [0.25, 0.3) is 0 Å². The first kappa shape index (κ1) is 10.8. The zero-order valence-electron chi connectivity index (χ0n) is 9.06. The highest BCUT2D eigenvalue weighted by Crippen LogP contribution is 2.37. The third kappa shape index (κ3) is 1.74. The first-order chi connectivity index (χ1) is 8.17. The summed E-state index contributed by atoms with van der Waals surface area (Å²) in [7, 11) is 1.47. The lowest BCUT2D eigenvalue weighted by molar-refractivity contribution is 0.409. The van der Waals surface area contributed by atoms with Gasteiger partial charge in [0.2, 0.25) is 0 Å². The molecule has 4 N–H and O–H groups in total. The molecule has 86 valence electrons. The van der Waals surface area contributed by atoms with Crippen LogP contribution in [-0.2, 0) is 0 Å². The maximum absolute atomic E-state index is 9.56. The molecule has 1 heterocycles. The number of rotatable bonds is 2. The molecule has 0 aliphatic carbocycles. The molecular weight excluding hydrogens is 220 g/mol. The number of H-pyrrole nitrogens is 1. The number of nitriles is 1. The van der Waals surface area contributed by atoms with Gasteiger partial charge >= 0.3 is 0 Å². The van der Waals surface area contributed by atoms with Gasteiger partial charge in [0, 0.05) is 17.2 Å². The predicted octanol–water partition coefficient (Wildman–Crippen LogP) is 1.24. The van der Waals surface area contributed by atoms with Gasteiger partial charge < -0.3 is 15.6 Å². The molecule has 0 fully saturated rings. The second-order valence-electron chi connectivity index (χ2n) is 3.38. The van der Waals surface area contributed by atoms with Gasteiger partial charge in [0.1, 0.15) is 23.4 Å². The van der Waals surface area contributed by atoms with Crippen LogP contribution in [0.1, 0.15) is 5.56 Å². The van der Waals surface area contributed by atoms with Crippen molar-refractivity contribution in [2.24, 2.45) is 0 Å². The maximum atomic E-state index is 9.56. The van der Waals surface area contributed by atoms with Crippen molar-refractivity contribution < 1.29 is 9.84 Å². The lowest BCUT2D eigenvalue weighted by Crippen LogP contribution is -1.92. The summed E-state index contributed by atoms with van der Waals surface area (Å²) in [4.78, 5) is 0. The Labute approximate surface area is 97.3 Å². The fourth-order valence-corrected chi connectivity index (χ4v) is 1.55. The smallest absolute Gasteiger partial charge is 0.137 e. The summed E-state index contributed by atoms with van der Waals surface area (Å²) in [6.45, 7) is 0. The van der Waals surface area contributed by atoms with Gasteiger partial charge in [0.05, 0.1) is 18.9 Å².